The molecule has 3 nitrogen and oxygen atoms in total. The molecule has 0 aliphatic heterocycles. The molecule has 0 spiro atoms. The molecule has 102 valence electrons. The van der Waals surface area contributed by atoms with Crippen molar-refractivity contribution < 1.29 is 0 Å². The van der Waals surface area contributed by atoms with Gasteiger partial charge in [-0.2, -0.15) is 5.26 Å². The molecule has 0 unspecified atom stereocenters. The van der Waals surface area contributed by atoms with Gasteiger partial charge in [0, 0.05) is 28.5 Å². The Morgan fingerprint density at radius 2 is 2.20 bits per heavy atom. The summed E-state index contributed by atoms with van der Waals surface area (Å²) in [7, 11) is 0. The Bertz CT molecular complexity index is 723. The first-order valence-electron chi connectivity index (χ1n) is 6.83. The van der Waals surface area contributed by atoms with E-state index in [4.69, 9.17) is 0 Å². The second-order valence-electron chi connectivity index (χ2n) is 5.39. The molecule has 1 saturated carbocycles. The normalized spacial score (nSPS) is 15.4. The maximum absolute atomic E-state index is 9.38. The lowest BCUT2D eigenvalue weighted by atomic mass is 10.1. The first-order chi connectivity index (χ1) is 9.60. The van der Waals surface area contributed by atoms with E-state index in [0.717, 1.165) is 16.3 Å². The minimum absolute atomic E-state index is 0.652. The number of aromatic nitrogens is 2. The fraction of sp³-hybridized carbons (Fsp3) is 0.375. The Balaban J connectivity index is 2.02. The third-order valence-corrected chi connectivity index (χ3v) is 4.70. The number of aryl methyl sites for hydroxylation is 2. The summed E-state index contributed by atoms with van der Waals surface area (Å²) in [5.41, 5.74) is 5.29. The standard InChI is InChI=1S/C16H17N3S/c1-10-9-20-16(18-10)14(8-17)7-13-6-11(2)19(12(13)3)15-4-5-15/h6-7,9,15H,4-5H2,1-3H3/b14-7-. The summed E-state index contributed by atoms with van der Waals surface area (Å²) >= 11 is 1.53. The van der Waals surface area contributed by atoms with Gasteiger partial charge < -0.3 is 4.57 Å². The van der Waals surface area contributed by atoms with E-state index in [1.54, 1.807) is 0 Å². The first kappa shape index (κ1) is 13.1. The van der Waals surface area contributed by atoms with Crippen LogP contribution in [0, 0.1) is 32.1 Å². The number of thiazole rings is 1. The molecule has 0 amide bonds. The van der Waals surface area contributed by atoms with Gasteiger partial charge in [0.2, 0.25) is 0 Å². The summed E-state index contributed by atoms with van der Waals surface area (Å²) in [5, 5.41) is 12.2. The highest BCUT2D eigenvalue weighted by Gasteiger charge is 2.26. The van der Waals surface area contributed by atoms with Crippen molar-refractivity contribution in [3.05, 3.63) is 39.1 Å². The van der Waals surface area contributed by atoms with Crippen LogP contribution in [0.3, 0.4) is 0 Å². The van der Waals surface area contributed by atoms with E-state index in [2.05, 4.69) is 35.5 Å². The highest BCUT2D eigenvalue weighted by atomic mass is 32.1. The Labute approximate surface area is 123 Å². The van der Waals surface area contributed by atoms with Crippen molar-refractivity contribution >= 4 is 23.0 Å². The fourth-order valence-electron chi connectivity index (χ4n) is 2.62. The SMILES string of the molecule is Cc1csc(/C(C#N)=C\c2cc(C)n(C3CC3)c2C)n1. The van der Waals surface area contributed by atoms with Crippen LogP contribution >= 0.6 is 11.3 Å². The average Bonchev–Trinajstić information content (AvgIpc) is 3.09. The molecule has 3 rings (SSSR count). The van der Waals surface area contributed by atoms with Crippen LogP contribution < -0.4 is 0 Å². The highest BCUT2D eigenvalue weighted by Crippen LogP contribution is 2.39. The second kappa shape index (κ2) is 4.92. The van der Waals surface area contributed by atoms with Gasteiger partial charge in [-0.25, -0.2) is 4.98 Å². The van der Waals surface area contributed by atoms with E-state index in [9.17, 15) is 5.26 Å². The molecule has 20 heavy (non-hydrogen) atoms. The highest BCUT2D eigenvalue weighted by molar-refractivity contribution is 7.11. The van der Waals surface area contributed by atoms with Crippen LogP contribution in [0.5, 0.6) is 0 Å². The quantitative estimate of drug-likeness (QED) is 0.789. The number of rotatable bonds is 3. The maximum Gasteiger partial charge on any atom is 0.134 e. The third kappa shape index (κ3) is 2.30. The van der Waals surface area contributed by atoms with Crippen LogP contribution in [0.15, 0.2) is 11.4 Å². The van der Waals surface area contributed by atoms with Crippen LogP contribution in [0.2, 0.25) is 0 Å². The Kier molecular flexibility index (Phi) is 3.23. The molecule has 1 fully saturated rings. The fourth-order valence-corrected chi connectivity index (χ4v) is 3.38. The van der Waals surface area contributed by atoms with Gasteiger partial charge >= 0.3 is 0 Å². The van der Waals surface area contributed by atoms with Crippen molar-refractivity contribution in [3.63, 3.8) is 0 Å². The molecule has 4 heteroatoms. The monoisotopic (exact) mass is 283 g/mol. The molecular formula is C16H17N3S. The zero-order valence-corrected chi connectivity index (χ0v) is 12.8. The minimum Gasteiger partial charge on any atom is -0.346 e. The van der Waals surface area contributed by atoms with Crippen LogP contribution in [0.4, 0.5) is 0 Å². The van der Waals surface area contributed by atoms with E-state index < -0.39 is 0 Å². The Hall–Kier alpha value is -1.86. The lowest BCUT2D eigenvalue weighted by Gasteiger charge is -2.06. The molecule has 0 atom stereocenters. The largest absolute Gasteiger partial charge is 0.346 e. The van der Waals surface area contributed by atoms with E-state index in [1.807, 2.05) is 18.4 Å². The van der Waals surface area contributed by atoms with Crippen molar-refractivity contribution in [2.45, 2.75) is 39.7 Å². The molecule has 0 bridgehead atoms. The van der Waals surface area contributed by atoms with Crippen molar-refractivity contribution in [2.24, 2.45) is 0 Å². The number of nitrogens with zero attached hydrogens (tertiary/aromatic N) is 3. The van der Waals surface area contributed by atoms with Gasteiger partial charge in [0.1, 0.15) is 11.1 Å². The summed E-state index contributed by atoms with van der Waals surface area (Å²) in [5.74, 6) is 0. The summed E-state index contributed by atoms with van der Waals surface area (Å²) in [6, 6.07) is 5.12. The van der Waals surface area contributed by atoms with Gasteiger partial charge in [0.05, 0.1) is 5.57 Å². The van der Waals surface area contributed by atoms with E-state index in [1.165, 1.54) is 35.6 Å². The molecule has 2 aromatic heterocycles. The summed E-state index contributed by atoms with van der Waals surface area (Å²) in [6.45, 7) is 6.23. The lowest BCUT2D eigenvalue weighted by Crippen LogP contribution is -1.98. The molecule has 0 radical (unpaired) electrons. The molecule has 0 saturated heterocycles. The predicted molar refractivity (Wildman–Crippen MR) is 82.5 cm³/mol. The zero-order chi connectivity index (χ0) is 14.3. The van der Waals surface area contributed by atoms with E-state index in [0.29, 0.717) is 11.6 Å². The minimum atomic E-state index is 0.652. The van der Waals surface area contributed by atoms with Crippen LogP contribution in [-0.4, -0.2) is 9.55 Å². The average molecular weight is 283 g/mol. The van der Waals surface area contributed by atoms with Gasteiger partial charge in [-0.1, -0.05) is 0 Å². The number of hydrogen-bond donors (Lipinski definition) is 0. The van der Waals surface area contributed by atoms with Crippen LogP contribution in [-0.2, 0) is 0 Å². The molecule has 2 aromatic rings. The van der Waals surface area contributed by atoms with Crippen molar-refractivity contribution in [1.29, 1.82) is 5.26 Å². The van der Waals surface area contributed by atoms with Gasteiger partial charge in [0.25, 0.3) is 0 Å². The molecule has 1 aliphatic rings. The lowest BCUT2D eigenvalue weighted by molar-refractivity contribution is 0.699. The van der Waals surface area contributed by atoms with Gasteiger partial charge in [-0.05, 0) is 51.3 Å². The smallest absolute Gasteiger partial charge is 0.134 e. The Morgan fingerprint density at radius 3 is 2.75 bits per heavy atom. The third-order valence-electron chi connectivity index (χ3n) is 3.71. The van der Waals surface area contributed by atoms with E-state index >= 15 is 0 Å². The molecule has 0 aromatic carbocycles. The van der Waals surface area contributed by atoms with E-state index in [-0.39, 0.29) is 0 Å². The molecular weight excluding hydrogens is 266 g/mol. The van der Waals surface area contributed by atoms with Gasteiger partial charge in [0.15, 0.2) is 0 Å². The second-order valence-corrected chi connectivity index (χ2v) is 6.25. The zero-order valence-electron chi connectivity index (χ0n) is 12.0. The summed E-state index contributed by atoms with van der Waals surface area (Å²) < 4.78 is 2.40. The van der Waals surface area contributed by atoms with Crippen LogP contribution in [0.25, 0.3) is 11.6 Å². The molecule has 2 heterocycles. The molecule has 0 N–H and O–H groups in total. The topological polar surface area (TPSA) is 41.6 Å². The van der Waals surface area contributed by atoms with Crippen molar-refractivity contribution in [2.75, 3.05) is 0 Å². The van der Waals surface area contributed by atoms with Crippen LogP contribution in [0.1, 0.15) is 46.5 Å². The first-order valence-corrected chi connectivity index (χ1v) is 7.71. The summed E-state index contributed by atoms with van der Waals surface area (Å²) in [6.07, 6.45) is 4.52. The summed E-state index contributed by atoms with van der Waals surface area (Å²) in [4.78, 5) is 4.41. The van der Waals surface area contributed by atoms with Gasteiger partial charge in [-0.3, -0.25) is 0 Å². The number of hydrogen-bond acceptors (Lipinski definition) is 3. The Morgan fingerprint density at radius 1 is 1.45 bits per heavy atom. The van der Waals surface area contributed by atoms with Gasteiger partial charge in [-0.15, -0.1) is 11.3 Å². The number of nitriles is 1. The van der Waals surface area contributed by atoms with Crippen molar-refractivity contribution in [1.82, 2.24) is 9.55 Å². The maximum atomic E-state index is 9.38. The number of allylic oxidation sites excluding steroid dienone is 1. The molecule has 1 aliphatic carbocycles. The van der Waals surface area contributed by atoms with Crippen molar-refractivity contribution in [3.8, 4) is 6.07 Å². The predicted octanol–water partition coefficient (Wildman–Crippen LogP) is 4.27.